The van der Waals surface area contributed by atoms with Gasteiger partial charge in [0, 0.05) is 15.7 Å². The van der Waals surface area contributed by atoms with Gasteiger partial charge in [-0.1, -0.05) is 18.2 Å². The van der Waals surface area contributed by atoms with Crippen LogP contribution in [0.1, 0.15) is 15.9 Å². The number of carbonyl (C=O) groups excluding carboxylic acids is 1. The number of rotatable bonds is 4. The lowest BCUT2D eigenvalue weighted by molar-refractivity contribution is 0.100. The van der Waals surface area contributed by atoms with Gasteiger partial charge in [-0.25, -0.2) is 0 Å². The summed E-state index contributed by atoms with van der Waals surface area (Å²) in [5.74, 6) is 0.352. The molecule has 0 aliphatic carbocycles. The first kappa shape index (κ1) is 13.1. The van der Waals surface area contributed by atoms with E-state index in [2.05, 4.69) is 24.3 Å². The SMILES string of the molecule is NC(=O)c1ccc(OCC2Cc3ccccc3S2)cc1. The quantitative estimate of drug-likeness (QED) is 0.939. The Morgan fingerprint density at radius 2 is 1.95 bits per heavy atom. The zero-order chi connectivity index (χ0) is 13.9. The third-order valence-electron chi connectivity index (χ3n) is 3.29. The van der Waals surface area contributed by atoms with E-state index >= 15 is 0 Å². The number of benzene rings is 2. The monoisotopic (exact) mass is 285 g/mol. The number of primary amides is 1. The van der Waals surface area contributed by atoms with Gasteiger partial charge in [-0.15, -0.1) is 11.8 Å². The summed E-state index contributed by atoms with van der Waals surface area (Å²) < 4.78 is 5.78. The first-order valence-electron chi connectivity index (χ1n) is 6.49. The van der Waals surface area contributed by atoms with Gasteiger partial charge in [-0.3, -0.25) is 4.79 Å². The molecule has 1 aliphatic heterocycles. The van der Waals surface area contributed by atoms with Crippen LogP contribution in [0.5, 0.6) is 5.75 Å². The summed E-state index contributed by atoms with van der Waals surface area (Å²) in [5, 5.41) is 0.447. The van der Waals surface area contributed by atoms with E-state index in [9.17, 15) is 4.79 Å². The Hall–Kier alpha value is -1.94. The number of ether oxygens (including phenoxy) is 1. The van der Waals surface area contributed by atoms with Crippen LogP contribution in [-0.4, -0.2) is 17.8 Å². The molecule has 1 atom stereocenters. The van der Waals surface area contributed by atoms with E-state index in [0.29, 0.717) is 17.4 Å². The molecule has 0 spiro atoms. The van der Waals surface area contributed by atoms with E-state index in [4.69, 9.17) is 10.5 Å². The minimum Gasteiger partial charge on any atom is -0.492 e. The molecule has 0 bridgehead atoms. The smallest absolute Gasteiger partial charge is 0.248 e. The van der Waals surface area contributed by atoms with Gasteiger partial charge >= 0.3 is 0 Å². The first-order valence-corrected chi connectivity index (χ1v) is 7.37. The maximum Gasteiger partial charge on any atom is 0.248 e. The molecule has 0 aromatic heterocycles. The van der Waals surface area contributed by atoms with Gasteiger partial charge in [0.2, 0.25) is 5.91 Å². The fourth-order valence-corrected chi connectivity index (χ4v) is 3.47. The molecule has 20 heavy (non-hydrogen) atoms. The summed E-state index contributed by atoms with van der Waals surface area (Å²) in [5.41, 5.74) is 7.10. The zero-order valence-electron chi connectivity index (χ0n) is 10.9. The van der Waals surface area contributed by atoms with Gasteiger partial charge in [0.15, 0.2) is 0 Å². The van der Waals surface area contributed by atoms with E-state index < -0.39 is 5.91 Å². The van der Waals surface area contributed by atoms with Crippen LogP contribution in [0.4, 0.5) is 0 Å². The van der Waals surface area contributed by atoms with Gasteiger partial charge in [-0.05, 0) is 42.3 Å². The van der Waals surface area contributed by atoms with Crippen molar-refractivity contribution >= 4 is 17.7 Å². The highest BCUT2D eigenvalue weighted by atomic mass is 32.2. The molecule has 2 aromatic carbocycles. The summed E-state index contributed by atoms with van der Waals surface area (Å²) in [7, 11) is 0. The summed E-state index contributed by atoms with van der Waals surface area (Å²) in [6.45, 7) is 0.662. The van der Waals surface area contributed by atoms with E-state index in [1.165, 1.54) is 10.5 Å². The molecule has 0 radical (unpaired) electrons. The van der Waals surface area contributed by atoms with Gasteiger partial charge in [-0.2, -0.15) is 0 Å². The van der Waals surface area contributed by atoms with Crippen LogP contribution in [0.2, 0.25) is 0 Å². The molecular formula is C16H15NO2S. The van der Waals surface area contributed by atoms with Gasteiger partial charge in [0.05, 0.1) is 0 Å². The van der Waals surface area contributed by atoms with Crippen molar-refractivity contribution in [3.8, 4) is 5.75 Å². The number of hydrogen-bond acceptors (Lipinski definition) is 3. The Labute approximate surface area is 122 Å². The van der Waals surface area contributed by atoms with Crippen LogP contribution in [-0.2, 0) is 6.42 Å². The molecule has 3 rings (SSSR count). The predicted octanol–water partition coefficient (Wildman–Crippen LogP) is 2.88. The molecule has 1 aliphatic rings. The fraction of sp³-hybridized carbons (Fsp3) is 0.188. The molecule has 1 amide bonds. The third-order valence-corrected chi connectivity index (χ3v) is 4.58. The van der Waals surface area contributed by atoms with Crippen LogP contribution in [0.25, 0.3) is 0 Å². The average Bonchev–Trinajstić information content (AvgIpc) is 2.88. The molecule has 0 saturated carbocycles. The van der Waals surface area contributed by atoms with E-state index in [0.717, 1.165) is 12.2 Å². The van der Waals surface area contributed by atoms with Crippen molar-refractivity contribution in [1.29, 1.82) is 0 Å². The second kappa shape index (κ2) is 5.59. The maximum atomic E-state index is 11.0. The van der Waals surface area contributed by atoms with Gasteiger partial charge in [0.25, 0.3) is 0 Å². The molecule has 2 aromatic rings. The van der Waals surface area contributed by atoms with Gasteiger partial charge in [0.1, 0.15) is 12.4 Å². The lowest BCUT2D eigenvalue weighted by atomic mass is 10.1. The van der Waals surface area contributed by atoms with E-state index in [1.54, 1.807) is 24.3 Å². The van der Waals surface area contributed by atoms with Crippen molar-refractivity contribution in [2.24, 2.45) is 5.73 Å². The van der Waals surface area contributed by atoms with Crippen molar-refractivity contribution in [3.63, 3.8) is 0 Å². The number of thioether (sulfide) groups is 1. The standard InChI is InChI=1S/C16H15NO2S/c17-16(18)11-5-7-13(8-6-11)19-10-14-9-12-3-1-2-4-15(12)20-14/h1-8,14H,9-10H2,(H2,17,18). The van der Waals surface area contributed by atoms with Crippen LogP contribution < -0.4 is 10.5 Å². The van der Waals surface area contributed by atoms with Crippen LogP contribution >= 0.6 is 11.8 Å². The van der Waals surface area contributed by atoms with E-state index in [1.807, 2.05) is 11.8 Å². The second-order valence-corrected chi connectivity index (χ2v) is 6.09. The van der Waals surface area contributed by atoms with E-state index in [-0.39, 0.29) is 0 Å². The Morgan fingerprint density at radius 3 is 2.65 bits per heavy atom. The highest BCUT2D eigenvalue weighted by Crippen LogP contribution is 2.36. The van der Waals surface area contributed by atoms with Crippen molar-refractivity contribution < 1.29 is 9.53 Å². The normalized spacial score (nSPS) is 16.7. The lowest BCUT2D eigenvalue weighted by Crippen LogP contribution is -2.14. The lowest BCUT2D eigenvalue weighted by Gasteiger charge is -2.11. The van der Waals surface area contributed by atoms with Crippen LogP contribution in [0.15, 0.2) is 53.4 Å². The number of amides is 1. The maximum absolute atomic E-state index is 11.0. The van der Waals surface area contributed by atoms with Crippen molar-refractivity contribution in [2.75, 3.05) is 6.61 Å². The Balaban J connectivity index is 1.57. The fourth-order valence-electron chi connectivity index (χ4n) is 2.25. The van der Waals surface area contributed by atoms with Crippen LogP contribution in [0.3, 0.4) is 0 Å². The van der Waals surface area contributed by atoms with Crippen molar-refractivity contribution in [2.45, 2.75) is 16.6 Å². The molecule has 4 heteroatoms. The molecule has 102 valence electrons. The van der Waals surface area contributed by atoms with Gasteiger partial charge < -0.3 is 10.5 Å². The predicted molar refractivity (Wildman–Crippen MR) is 80.2 cm³/mol. The topological polar surface area (TPSA) is 52.3 Å². The summed E-state index contributed by atoms with van der Waals surface area (Å²) in [4.78, 5) is 12.3. The minimum absolute atomic E-state index is 0.418. The average molecular weight is 285 g/mol. The minimum atomic E-state index is -0.418. The first-order chi connectivity index (χ1) is 9.72. The molecule has 0 saturated heterocycles. The molecule has 3 nitrogen and oxygen atoms in total. The Bertz CT molecular complexity index is 600. The van der Waals surface area contributed by atoms with Crippen molar-refractivity contribution in [3.05, 3.63) is 59.7 Å². The second-order valence-electron chi connectivity index (χ2n) is 4.75. The molecule has 0 fully saturated rings. The number of carbonyl (C=O) groups is 1. The Morgan fingerprint density at radius 1 is 1.20 bits per heavy atom. The number of fused-ring (bicyclic) bond motifs is 1. The highest BCUT2D eigenvalue weighted by Gasteiger charge is 2.22. The molecule has 1 unspecified atom stereocenters. The largest absolute Gasteiger partial charge is 0.492 e. The Kier molecular flexibility index (Phi) is 3.65. The summed E-state index contributed by atoms with van der Waals surface area (Å²) in [6, 6.07) is 15.4. The van der Waals surface area contributed by atoms with Crippen molar-refractivity contribution in [1.82, 2.24) is 0 Å². The number of hydrogen-bond donors (Lipinski definition) is 1. The molecule has 1 heterocycles. The molecule has 2 N–H and O–H groups in total. The highest BCUT2D eigenvalue weighted by molar-refractivity contribution is 8.00. The number of nitrogens with two attached hydrogens (primary N) is 1. The zero-order valence-corrected chi connectivity index (χ0v) is 11.7. The third kappa shape index (κ3) is 2.80. The summed E-state index contributed by atoms with van der Waals surface area (Å²) in [6.07, 6.45) is 1.04. The van der Waals surface area contributed by atoms with Crippen LogP contribution in [0, 0.1) is 0 Å². The molecular weight excluding hydrogens is 270 g/mol. The summed E-state index contributed by atoms with van der Waals surface area (Å²) >= 11 is 1.86.